The van der Waals surface area contributed by atoms with Gasteiger partial charge in [0.2, 0.25) is 0 Å². The fraction of sp³-hybridized carbons (Fsp3) is 0.792. The molecule has 0 aliphatic carbocycles. The predicted molar refractivity (Wildman–Crippen MR) is 252 cm³/mol. The van der Waals surface area contributed by atoms with Gasteiger partial charge in [-0.2, -0.15) is 0 Å². The van der Waals surface area contributed by atoms with Gasteiger partial charge in [0.1, 0.15) is 13.2 Å². The molecule has 6 heteroatoms. The van der Waals surface area contributed by atoms with Crippen LogP contribution in [0.1, 0.15) is 252 Å². The zero-order valence-electron chi connectivity index (χ0n) is 39.0. The van der Waals surface area contributed by atoms with Crippen LogP contribution in [0, 0.1) is 0 Å². The van der Waals surface area contributed by atoms with E-state index in [1.807, 2.05) is 0 Å². The molecule has 0 saturated heterocycles. The highest BCUT2D eigenvalue weighted by Gasteiger charge is 2.19. The van der Waals surface area contributed by atoms with Crippen LogP contribution in [-0.4, -0.2) is 37.2 Å². The molecule has 6 nitrogen and oxygen atoms in total. The Kier molecular flexibility index (Phi) is 45.9. The zero-order chi connectivity index (χ0) is 43.0. The second-order valence-corrected chi connectivity index (χ2v) is 16.7. The third-order valence-corrected chi connectivity index (χ3v) is 10.8. The third-order valence-electron chi connectivity index (χ3n) is 10.8. The molecule has 0 heterocycles. The minimum atomic E-state index is -0.789. The van der Waals surface area contributed by atoms with Crippen molar-refractivity contribution in [2.45, 2.75) is 258 Å². The molecule has 0 amide bonds. The number of carbonyl (C=O) groups is 3. The van der Waals surface area contributed by atoms with Gasteiger partial charge in [-0.05, 0) is 83.5 Å². The molecule has 0 unspecified atom stereocenters. The minimum Gasteiger partial charge on any atom is -0.462 e. The van der Waals surface area contributed by atoms with E-state index in [0.717, 1.165) is 83.5 Å². The predicted octanol–water partition coefficient (Wildman–Crippen LogP) is 16.3. The van der Waals surface area contributed by atoms with Gasteiger partial charge in [-0.1, -0.05) is 198 Å². The van der Waals surface area contributed by atoms with Crippen LogP contribution in [0.4, 0.5) is 0 Å². The normalized spacial score (nSPS) is 12.4. The van der Waals surface area contributed by atoms with Crippen molar-refractivity contribution in [1.29, 1.82) is 0 Å². The first-order chi connectivity index (χ1) is 29.0. The van der Waals surface area contributed by atoms with Gasteiger partial charge in [-0.25, -0.2) is 0 Å². The van der Waals surface area contributed by atoms with Crippen molar-refractivity contribution in [3.05, 3.63) is 48.6 Å². The molecule has 0 rings (SSSR count). The van der Waals surface area contributed by atoms with Crippen LogP contribution < -0.4 is 0 Å². The maximum absolute atomic E-state index is 12.8. The van der Waals surface area contributed by atoms with Crippen molar-refractivity contribution in [1.82, 2.24) is 0 Å². The monoisotopic (exact) mass is 827 g/mol. The summed E-state index contributed by atoms with van der Waals surface area (Å²) >= 11 is 0. The summed E-state index contributed by atoms with van der Waals surface area (Å²) in [6, 6.07) is 0. The van der Waals surface area contributed by atoms with Gasteiger partial charge >= 0.3 is 17.9 Å². The van der Waals surface area contributed by atoms with E-state index in [9.17, 15) is 14.4 Å². The average Bonchev–Trinajstić information content (AvgIpc) is 3.23. The van der Waals surface area contributed by atoms with Gasteiger partial charge in [-0.3, -0.25) is 14.4 Å². The van der Waals surface area contributed by atoms with Crippen molar-refractivity contribution in [3.63, 3.8) is 0 Å². The second kappa shape index (κ2) is 48.0. The molecule has 0 aromatic carbocycles. The topological polar surface area (TPSA) is 78.9 Å². The van der Waals surface area contributed by atoms with Gasteiger partial charge in [0.05, 0.1) is 0 Å². The number of ether oxygens (including phenoxy) is 3. The van der Waals surface area contributed by atoms with Crippen molar-refractivity contribution >= 4 is 17.9 Å². The molecule has 59 heavy (non-hydrogen) atoms. The van der Waals surface area contributed by atoms with E-state index in [0.29, 0.717) is 19.3 Å². The molecule has 0 spiro atoms. The summed E-state index contributed by atoms with van der Waals surface area (Å²) < 4.78 is 16.7. The molecule has 0 bridgehead atoms. The summed E-state index contributed by atoms with van der Waals surface area (Å²) in [5, 5.41) is 0. The van der Waals surface area contributed by atoms with Crippen LogP contribution in [0.5, 0.6) is 0 Å². The number of carbonyl (C=O) groups excluding carboxylic acids is 3. The number of hydrogen-bond acceptors (Lipinski definition) is 6. The molecule has 0 aromatic rings. The lowest BCUT2D eigenvalue weighted by atomic mass is 10.1. The molecule has 342 valence electrons. The average molecular weight is 827 g/mol. The Morgan fingerprint density at radius 3 is 1.03 bits per heavy atom. The largest absolute Gasteiger partial charge is 0.462 e. The standard InChI is InChI=1S/C53H94O6/c1-4-7-10-13-16-19-22-24-26-28-31-34-37-40-43-46-52(55)58-49-50(48-57-51(54)45-42-39-36-33-30-21-18-15-12-9-6-3)59-53(56)47-44-41-38-35-32-29-27-25-23-20-17-14-11-8-5-2/h16,19,24-27,31,34,50H,4-15,17-18,20-23,28-30,32-33,35-49H2,1-3H3/b19-16-,26-24-,27-25-,34-31-/t50-/m1/s1. The van der Waals surface area contributed by atoms with Gasteiger partial charge in [0.25, 0.3) is 0 Å². The molecule has 0 aliphatic heterocycles. The lowest BCUT2D eigenvalue weighted by Gasteiger charge is -2.18. The molecule has 0 fully saturated rings. The molecular formula is C53H94O6. The second-order valence-electron chi connectivity index (χ2n) is 16.7. The summed E-state index contributed by atoms with van der Waals surface area (Å²) in [5.41, 5.74) is 0. The molecule has 0 aromatic heterocycles. The maximum Gasteiger partial charge on any atom is 0.306 e. The fourth-order valence-electron chi connectivity index (χ4n) is 6.97. The van der Waals surface area contributed by atoms with Crippen molar-refractivity contribution < 1.29 is 28.6 Å². The van der Waals surface area contributed by atoms with E-state index in [4.69, 9.17) is 14.2 Å². The van der Waals surface area contributed by atoms with E-state index in [-0.39, 0.29) is 31.1 Å². The van der Waals surface area contributed by atoms with E-state index in [1.165, 1.54) is 128 Å². The Balaban J connectivity index is 4.43. The van der Waals surface area contributed by atoms with Crippen LogP contribution in [0.15, 0.2) is 48.6 Å². The first kappa shape index (κ1) is 56.4. The number of hydrogen-bond donors (Lipinski definition) is 0. The van der Waals surface area contributed by atoms with Gasteiger partial charge in [-0.15, -0.1) is 0 Å². The van der Waals surface area contributed by atoms with E-state index in [2.05, 4.69) is 69.4 Å². The highest BCUT2D eigenvalue weighted by molar-refractivity contribution is 5.71. The molecular weight excluding hydrogens is 733 g/mol. The van der Waals surface area contributed by atoms with E-state index < -0.39 is 6.10 Å². The Bertz CT molecular complexity index is 1040. The van der Waals surface area contributed by atoms with Crippen LogP contribution in [0.3, 0.4) is 0 Å². The Labute approximate surface area is 365 Å². The van der Waals surface area contributed by atoms with Crippen LogP contribution in [0.25, 0.3) is 0 Å². The van der Waals surface area contributed by atoms with Crippen molar-refractivity contribution in [2.24, 2.45) is 0 Å². The molecule has 1 atom stereocenters. The summed E-state index contributed by atoms with van der Waals surface area (Å²) in [6.07, 6.45) is 56.6. The highest BCUT2D eigenvalue weighted by atomic mass is 16.6. The minimum absolute atomic E-state index is 0.0866. The smallest absolute Gasteiger partial charge is 0.306 e. The van der Waals surface area contributed by atoms with Gasteiger partial charge < -0.3 is 14.2 Å². The van der Waals surface area contributed by atoms with Gasteiger partial charge in [0, 0.05) is 19.3 Å². The SMILES string of the molecule is CCCCC/C=C\C/C=C\C/C=C\CCCCC(=O)OC[C@@H](COC(=O)CCCCCCCCCCCCC)OC(=O)CCCCCCC/C=C\CCCCCCCC. The summed E-state index contributed by atoms with van der Waals surface area (Å²) in [4.78, 5) is 37.9. The first-order valence-corrected chi connectivity index (χ1v) is 25.1. The van der Waals surface area contributed by atoms with Crippen molar-refractivity contribution in [2.75, 3.05) is 13.2 Å². The van der Waals surface area contributed by atoms with Crippen molar-refractivity contribution in [3.8, 4) is 0 Å². The lowest BCUT2D eigenvalue weighted by Crippen LogP contribution is -2.30. The highest BCUT2D eigenvalue weighted by Crippen LogP contribution is 2.14. The lowest BCUT2D eigenvalue weighted by molar-refractivity contribution is -0.167. The zero-order valence-corrected chi connectivity index (χ0v) is 39.0. The Morgan fingerprint density at radius 1 is 0.339 bits per heavy atom. The van der Waals surface area contributed by atoms with E-state index >= 15 is 0 Å². The molecule has 0 aliphatic rings. The Morgan fingerprint density at radius 2 is 0.610 bits per heavy atom. The van der Waals surface area contributed by atoms with Crippen LogP contribution >= 0.6 is 0 Å². The first-order valence-electron chi connectivity index (χ1n) is 25.1. The fourth-order valence-corrected chi connectivity index (χ4v) is 6.97. The van der Waals surface area contributed by atoms with Crippen LogP contribution in [-0.2, 0) is 28.6 Å². The molecule has 0 N–H and O–H groups in total. The van der Waals surface area contributed by atoms with E-state index in [1.54, 1.807) is 0 Å². The summed E-state index contributed by atoms with van der Waals surface area (Å²) in [6.45, 7) is 6.56. The summed E-state index contributed by atoms with van der Waals surface area (Å²) in [5.74, 6) is -0.931. The maximum atomic E-state index is 12.8. The number of allylic oxidation sites excluding steroid dienone is 8. The quantitative estimate of drug-likeness (QED) is 0.0263. The molecule has 0 radical (unpaired) electrons. The van der Waals surface area contributed by atoms with Crippen LogP contribution in [0.2, 0.25) is 0 Å². The molecule has 0 saturated carbocycles. The van der Waals surface area contributed by atoms with Gasteiger partial charge in [0.15, 0.2) is 6.10 Å². The Hall–Kier alpha value is -2.63. The third kappa shape index (κ3) is 46.3. The number of esters is 3. The number of unbranched alkanes of at least 4 members (excludes halogenated alkanes) is 26. The summed E-state index contributed by atoms with van der Waals surface area (Å²) in [7, 11) is 0. The number of rotatable bonds is 45.